The van der Waals surface area contributed by atoms with Crippen LogP contribution in [0.5, 0.6) is 0 Å². The van der Waals surface area contributed by atoms with Crippen LogP contribution in [-0.4, -0.2) is 39.5 Å². The number of carboxylic acid groups (broad SMARTS) is 1. The zero-order valence-corrected chi connectivity index (χ0v) is 24.7. The molecule has 0 fully saturated rings. The van der Waals surface area contributed by atoms with E-state index in [1.165, 1.54) is 90.8 Å². The van der Waals surface area contributed by atoms with Gasteiger partial charge in [0.2, 0.25) is 5.69 Å². The molecule has 0 aromatic heterocycles. The van der Waals surface area contributed by atoms with Crippen LogP contribution >= 0.6 is 0 Å². The first-order valence-corrected chi connectivity index (χ1v) is 15.1. The van der Waals surface area contributed by atoms with Crippen molar-refractivity contribution in [3.63, 3.8) is 0 Å². The van der Waals surface area contributed by atoms with Gasteiger partial charge in [-0.15, -0.1) is 0 Å². The van der Waals surface area contributed by atoms with E-state index in [0.717, 1.165) is 24.9 Å². The Labute approximate surface area is 231 Å². The van der Waals surface area contributed by atoms with Gasteiger partial charge >= 0.3 is 6.09 Å². The number of fused-ring (bicyclic) bond motifs is 1. The molecular weight excluding hydrogens is 468 g/mol. The van der Waals surface area contributed by atoms with E-state index in [1.807, 2.05) is 6.92 Å². The third kappa shape index (κ3) is 8.44. The van der Waals surface area contributed by atoms with Gasteiger partial charge in [0.15, 0.2) is 12.3 Å². The van der Waals surface area contributed by atoms with Crippen molar-refractivity contribution in [3.8, 4) is 0 Å². The molecule has 0 atom stereocenters. The van der Waals surface area contributed by atoms with E-state index < -0.39 is 6.09 Å². The fourth-order valence-electron chi connectivity index (χ4n) is 5.58. The molecule has 0 aliphatic carbocycles. The van der Waals surface area contributed by atoms with Crippen molar-refractivity contribution < 1.29 is 14.5 Å². The van der Waals surface area contributed by atoms with E-state index in [4.69, 9.17) is 0 Å². The second-order valence-electron chi connectivity index (χ2n) is 12.0. The van der Waals surface area contributed by atoms with Crippen LogP contribution in [0.4, 0.5) is 10.5 Å². The molecule has 4 nitrogen and oxygen atoms in total. The van der Waals surface area contributed by atoms with Crippen molar-refractivity contribution in [1.82, 2.24) is 4.90 Å². The first-order chi connectivity index (χ1) is 18.2. The zero-order valence-electron chi connectivity index (χ0n) is 24.7. The lowest BCUT2D eigenvalue weighted by molar-refractivity contribution is -0.442. The third-order valence-corrected chi connectivity index (χ3v) is 8.00. The molecule has 0 unspecified atom stereocenters. The fourth-order valence-corrected chi connectivity index (χ4v) is 5.58. The Hall–Kier alpha value is -2.62. The van der Waals surface area contributed by atoms with Crippen molar-refractivity contribution in [3.05, 3.63) is 64.7 Å². The molecule has 0 saturated heterocycles. The van der Waals surface area contributed by atoms with Crippen LogP contribution in [0.25, 0.3) is 0 Å². The standard InChI is InChI=1S/C34H50N2O2/c1-6-8-9-10-11-12-13-14-15-16-32-31-22-17-27(26-35(7-2)33(37)38)25-28(31)23-24-36(32)30-20-18-29(19-21-30)34(3,4)5/h17-22,25H,6-16,23-24,26H2,1-5H3/p+1. The highest BCUT2D eigenvalue weighted by molar-refractivity contribution is 5.99. The molecule has 1 aliphatic heterocycles. The Morgan fingerprint density at radius 2 is 1.53 bits per heavy atom. The first kappa shape index (κ1) is 29.9. The number of benzene rings is 2. The molecule has 208 valence electrons. The molecule has 1 N–H and O–H groups in total. The zero-order chi connectivity index (χ0) is 27.5. The van der Waals surface area contributed by atoms with Crippen LogP contribution in [0.1, 0.15) is 121 Å². The molecule has 4 heteroatoms. The molecule has 1 aliphatic rings. The number of hydrogen-bond acceptors (Lipinski definition) is 1. The van der Waals surface area contributed by atoms with Gasteiger partial charge in [0.1, 0.15) is 0 Å². The molecule has 3 rings (SSSR count). The van der Waals surface area contributed by atoms with Gasteiger partial charge in [-0.2, -0.15) is 4.58 Å². The molecule has 1 amide bonds. The summed E-state index contributed by atoms with van der Waals surface area (Å²) in [6.07, 6.45) is 13.2. The summed E-state index contributed by atoms with van der Waals surface area (Å²) in [4.78, 5) is 13.0. The number of hydrogen-bond donors (Lipinski definition) is 1. The van der Waals surface area contributed by atoms with E-state index >= 15 is 0 Å². The van der Waals surface area contributed by atoms with Crippen LogP contribution in [0.3, 0.4) is 0 Å². The molecule has 0 radical (unpaired) electrons. The van der Waals surface area contributed by atoms with Crippen LogP contribution in [0.2, 0.25) is 0 Å². The number of rotatable bonds is 14. The maximum absolute atomic E-state index is 11.5. The molecule has 38 heavy (non-hydrogen) atoms. The van der Waals surface area contributed by atoms with Crippen molar-refractivity contribution in [2.24, 2.45) is 0 Å². The Bertz CT molecular complexity index is 1060. The minimum atomic E-state index is -0.854. The summed E-state index contributed by atoms with van der Waals surface area (Å²) >= 11 is 0. The molecule has 2 aromatic carbocycles. The summed E-state index contributed by atoms with van der Waals surface area (Å²) < 4.78 is 2.54. The van der Waals surface area contributed by atoms with Gasteiger partial charge in [0.25, 0.3) is 0 Å². The number of carbonyl (C=O) groups is 1. The normalized spacial score (nSPS) is 13.5. The first-order valence-electron chi connectivity index (χ1n) is 15.1. The van der Waals surface area contributed by atoms with Crippen molar-refractivity contribution in [2.45, 2.75) is 117 Å². The summed E-state index contributed by atoms with van der Waals surface area (Å²) in [5, 5.41) is 9.47. The van der Waals surface area contributed by atoms with E-state index in [1.54, 1.807) is 0 Å². The van der Waals surface area contributed by atoms with Crippen LogP contribution in [0.15, 0.2) is 42.5 Å². The topological polar surface area (TPSA) is 43.5 Å². The van der Waals surface area contributed by atoms with Gasteiger partial charge in [0.05, 0.1) is 0 Å². The summed E-state index contributed by atoms with van der Waals surface area (Å²) in [5.74, 6) is 0. The minimum Gasteiger partial charge on any atom is -0.465 e. The molecule has 0 bridgehead atoms. The van der Waals surface area contributed by atoms with Crippen molar-refractivity contribution in [2.75, 3.05) is 13.1 Å². The number of nitrogens with zero attached hydrogens (tertiary/aromatic N) is 2. The fraction of sp³-hybridized carbons (Fsp3) is 0.588. The predicted molar refractivity (Wildman–Crippen MR) is 160 cm³/mol. The van der Waals surface area contributed by atoms with Gasteiger partial charge in [0, 0.05) is 43.6 Å². The smallest absolute Gasteiger partial charge is 0.407 e. The third-order valence-electron chi connectivity index (χ3n) is 8.00. The summed E-state index contributed by atoms with van der Waals surface area (Å²) in [6.45, 7) is 12.9. The lowest BCUT2D eigenvalue weighted by Crippen LogP contribution is -2.29. The van der Waals surface area contributed by atoms with Crippen LogP contribution in [0, 0.1) is 0 Å². The Morgan fingerprint density at radius 1 is 0.895 bits per heavy atom. The maximum Gasteiger partial charge on any atom is 0.407 e. The molecule has 1 heterocycles. The number of amides is 1. The van der Waals surface area contributed by atoms with Gasteiger partial charge in [-0.25, -0.2) is 4.79 Å². The van der Waals surface area contributed by atoms with Gasteiger partial charge < -0.3 is 10.0 Å². The second kappa shape index (κ2) is 14.5. The quantitative estimate of drug-likeness (QED) is 0.200. The Kier molecular flexibility index (Phi) is 11.4. The SMILES string of the molecule is CCCCCCCCCCCC1=[N+](c2ccc(C(C)(C)C)cc2)CCc2cc(CN(CC)C(=O)O)ccc21. The van der Waals surface area contributed by atoms with Gasteiger partial charge in [-0.1, -0.05) is 103 Å². The molecular formula is C34H51N2O2+. The highest BCUT2D eigenvalue weighted by atomic mass is 16.4. The van der Waals surface area contributed by atoms with Gasteiger partial charge in [-0.05, 0) is 41.5 Å². The highest BCUT2D eigenvalue weighted by Crippen LogP contribution is 2.29. The maximum atomic E-state index is 11.5. The highest BCUT2D eigenvalue weighted by Gasteiger charge is 2.28. The average Bonchev–Trinajstić information content (AvgIpc) is 2.90. The monoisotopic (exact) mass is 519 g/mol. The summed E-state index contributed by atoms with van der Waals surface area (Å²) in [5.41, 5.74) is 8.00. The van der Waals surface area contributed by atoms with E-state index in [0.29, 0.717) is 13.1 Å². The van der Waals surface area contributed by atoms with Crippen LogP contribution in [-0.2, 0) is 18.4 Å². The van der Waals surface area contributed by atoms with Gasteiger partial charge in [-0.3, -0.25) is 0 Å². The summed E-state index contributed by atoms with van der Waals surface area (Å²) in [6, 6.07) is 15.8. The Balaban J connectivity index is 1.79. The van der Waals surface area contributed by atoms with Crippen LogP contribution < -0.4 is 0 Å². The van der Waals surface area contributed by atoms with E-state index in [-0.39, 0.29) is 5.41 Å². The van der Waals surface area contributed by atoms with E-state index in [9.17, 15) is 9.90 Å². The summed E-state index contributed by atoms with van der Waals surface area (Å²) in [7, 11) is 0. The minimum absolute atomic E-state index is 0.148. The lowest BCUT2D eigenvalue weighted by atomic mass is 9.87. The molecule has 0 spiro atoms. The second-order valence-corrected chi connectivity index (χ2v) is 12.0. The van der Waals surface area contributed by atoms with Crippen molar-refractivity contribution in [1.29, 1.82) is 0 Å². The average molecular weight is 520 g/mol. The predicted octanol–water partition coefficient (Wildman–Crippen LogP) is 9.09. The molecule has 0 saturated carbocycles. The van der Waals surface area contributed by atoms with E-state index in [2.05, 4.69) is 74.7 Å². The molecule has 2 aromatic rings. The largest absolute Gasteiger partial charge is 0.465 e. The Morgan fingerprint density at radius 3 is 2.11 bits per heavy atom. The lowest BCUT2D eigenvalue weighted by Gasteiger charge is -2.22. The van der Waals surface area contributed by atoms with Crippen molar-refractivity contribution >= 4 is 17.5 Å². The number of unbranched alkanes of at least 4 members (excludes halogenated alkanes) is 8.